The zero-order chi connectivity index (χ0) is 14.0. The second-order valence-electron chi connectivity index (χ2n) is 4.82. The fourth-order valence-corrected chi connectivity index (χ4v) is 2.23. The van der Waals surface area contributed by atoms with Gasteiger partial charge in [0.1, 0.15) is 0 Å². The number of benzene rings is 1. The Bertz CT molecular complexity index is 555. The lowest BCUT2D eigenvalue weighted by atomic mass is 10.2. The first-order chi connectivity index (χ1) is 8.99. The van der Waals surface area contributed by atoms with Gasteiger partial charge in [-0.1, -0.05) is 11.6 Å². The van der Waals surface area contributed by atoms with Crippen molar-refractivity contribution in [2.24, 2.45) is 0 Å². The van der Waals surface area contributed by atoms with E-state index in [0.29, 0.717) is 0 Å². The van der Waals surface area contributed by atoms with Crippen LogP contribution in [0.5, 0.6) is 0 Å². The lowest BCUT2D eigenvalue weighted by molar-refractivity contribution is 1.02. The van der Waals surface area contributed by atoms with E-state index in [1.165, 1.54) is 5.56 Å². The number of H-pyrrole nitrogens is 1. The Kier molecular flexibility index (Phi) is 4.00. The molecular formula is C14H19ClN4. The minimum atomic E-state index is 0.730. The smallest absolute Gasteiger partial charge is 0.0643 e. The number of nitrogens with one attached hydrogen (secondary N) is 2. The number of halogens is 1. The fraction of sp³-hybridized carbons (Fsp3) is 0.357. The molecule has 2 N–H and O–H groups in total. The molecule has 5 heteroatoms. The van der Waals surface area contributed by atoms with E-state index in [9.17, 15) is 0 Å². The van der Waals surface area contributed by atoms with E-state index >= 15 is 0 Å². The SMILES string of the molecule is Cc1n[nH]c(C)c1CNc1cc(Cl)ccc1N(C)C. The van der Waals surface area contributed by atoms with Crippen molar-refractivity contribution in [2.75, 3.05) is 24.3 Å². The van der Waals surface area contributed by atoms with Crippen LogP contribution in [0.15, 0.2) is 18.2 Å². The average molecular weight is 279 g/mol. The van der Waals surface area contributed by atoms with Crippen molar-refractivity contribution in [3.05, 3.63) is 40.2 Å². The molecule has 0 aliphatic carbocycles. The van der Waals surface area contributed by atoms with Gasteiger partial charge in [-0.2, -0.15) is 5.10 Å². The number of aryl methyl sites for hydroxylation is 2. The first kappa shape index (κ1) is 13.7. The molecule has 0 bridgehead atoms. The van der Waals surface area contributed by atoms with Crippen LogP contribution in [0.2, 0.25) is 5.02 Å². The maximum Gasteiger partial charge on any atom is 0.0643 e. The summed E-state index contributed by atoms with van der Waals surface area (Å²) in [7, 11) is 4.03. The highest BCUT2D eigenvalue weighted by molar-refractivity contribution is 6.31. The van der Waals surface area contributed by atoms with Crippen molar-refractivity contribution in [3.8, 4) is 0 Å². The Morgan fingerprint density at radius 2 is 2.05 bits per heavy atom. The van der Waals surface area contributed by atoms with Crippen molar-refractivity contribution >= 4 is 23.0 Å². The van der Waals surface area contributed by atoms with Gasteiger partial charge < -0.3 is 10.2 Å². The van der Waals surface area contributed by atoms with Gasteiger partial charge in [-0.3, -0.25) is 5.10 Å². The number of rotatable bonds is 4. The second kappa shape index (κ2) is 5.53. The summed E-state index contributed by atoms with van der Waals surface area (Å²) in [4.78, 5) is 2.06. The Labute approximate surface area is 118 Å². The summed E-state index contributed by atoms with van der Waals surface area (Å²) in [5.41, 5.74) is 5.46. The minimum Gasteiger partial charge on any atom is -0.379 e. The van der Waals surface area contributed by atoms with Gasteiger partial charge in [-0.05, 0) is 32.0 Å². The predicted molar refractivity (Wildman–Crippen MR) is 81.2 cm³/mol. The predicted octanol–water partition coefficient (Wildman–Crippen LogP) is 3.36. The van der Waals surface area contributed by atoms with Gasteiger partial charge in [0.15, 0.2) is 0 Å². The Morgan fingerprint density at radius 1 is 1.32 bits per heavy atom. The summed E-state index contributed by atoms with van der Waals surface area (Å²) in [6.45, 7) is 4.77. The minimum absolute atomic E-state index is 0.730. The Hall–Kier alpha value is -1.68. The second-order valence-corrected chi connectivity index (χ2v) is 5.26. The monoisotopic (exact) mass is 278 g/mol. The first-order valence-corrected chi connectivity index (χ1v) is 6.58. The molecular weight excluding hydrogens is 260 g/mol. The molecule has 1 heterocycles. The zero-order valence-corrected chi connectivity index (χ0v) is 12.5. The van der Waals surface area contributed by atoms with Gasteiger partial charge in [0.25, 0.3) is 0 Å². The maximum absolute atomic E-state index is 6.07. The lowest BCUT2D eigenvalue weighted by Gasteiger charge is -2.19. The number of aromatic amines is 1. The molecule has 0 amide bonds. The summed E-state index contributed by atoms with van der Waals surface area (Å²) in [6.07, 6.45) is 0. The molecule has 0 unspecified atom stereocenters. The van der Waals surface area contributed by atoms with Crippen molar-refractivity contribution in [1.82, 2.24) is 10.2 Å². The molecule has 0 saturated heterocycles. The summed E-state index contributed by atoms with van der Waals surface area (Å²) < 4.78 is 0. The molecule has 0 radical (unpaired) electrons. The van der Waals surface area contributed by atoms with Crippen molar-refractivity contribution in [1.29, 1.82) is 0 Å². The quantitative estimate of drug-likeness (QED) is 0.901. The van der Waals surface area contributed by atoms with E-state index < -0.39 is 0 Å². The molecule has 102 valence electrons. The van der Waals surface area contributed by atoms with Crippen molar-refractivity contribution in [2.45, 2.75) is 20.4 Å². The van der Waals surface area contributed by atoms with Crippen LogP contribution in [-0.2, 0) is 6.54 Å². The third kappa shape index (κ3) is 3.01. The van der Waals surface area contributed by atoms with E-state index in [0.717, 1.165) is 34.3 Å². The average Bonchev–Trinajstić information content (AvgIpc) is 2.66. The number of anilines is 2. The molecule has 0 atom stereocenters. The van der Waals surface area contributed by atoms with Gasteiger partial charge in [-0.15, -0.1) is 0 Å². The van der Waals surface area contributed by atoms with Crippen LogP contribution in [0, 0.1) is 13.8 Å². The van der Waals surface area contributed by atoms with Crippen molar-refractivity contribution < 1.29 is 0 Å². The first-order valence-electron chi connectivity index (χ1n) is 6.20. The van der Waals surface area contributed by atoms with Crippen LogP contribution in [-0.4, -0.2) is 24.3 Å². The molecule has 0 aliphatic rings. The third-order valence-electron chi connectivity index (χ3n) is 3.18. The highest BCUT2D eigenvalue weighted by Gasteiger charge is 2.09. The van der Waals surface area contributed by atoms with Gasteiger partial charge in [0.05, 0.1) is 17.1 Å². The Balaban J connectivity index is 2.22. The zero-order valence-electron chi connectivity index (χ0n) is 11.7. The Morgan fingerprint density at radius 3 is 2.63 bits per heavy atom. The molecule has 1 aromatic heterocycles. The van der Waals surface area contributed by atoms with Crippen molar-refractivity contribution in [3.63, 3.8) is 0 Å². The summed E-state index contributed by atoms with van der Waals surface area (Å²) in [5.74, 6) is 0. The molecule has 19 heavy (non-hydrogen) atoms. The number of hydrogen-bond acceptors (Lipinski definition) is 3. The molecule has 0 spiro atoms. The highest BCUT2D eigenvalue weighted by Crippen LogP contribution is 2.28. The summed E-state index contributed by atoms with van der Waals surface area (Å²) >= 11 is 6.07. The number of hydrogen-bond donors (Lipinski definition) is 2. The number of nitrogens with zero attached hydrogens (tertiary/aromatic N) is 2. The largest absolute Gasteiger partial charge is 0.379 e. The van der Waals surface area contributed by atoms with Crippen LogP contribution in [0.1, 0.15) is 17.0 Å². The van der Waals surface area contributed by atoms with Crippen LogP contribution < -0.4 is 10.2 Å². The molecule has 4 nitrogen and oxygen atoms in total. The third-order valence-corrected chi connectivity index (χ3v) is 3.41. The van der Waals surface area contributed by atoms with E-state index in [2.05, 4.69) is 20.4 Å². The van der Waals surface area contributed by atoms with Crippen LogP contribution in [0.25, 0.3) is 0 Å². The lowest BCUT2D eigenvalue weighted by Crippen LogP contribution is -2.12. The van der Waals surface area contributed by atoms with E-state index in [1.54, 1.807) is 0 Å². The van der Waals surface area contributed by atoms with Gasteiger partial charge in [0.2, 0.25) is 0 Å². The fourth-order valence-electron chi connectivity index (χ4n) is 2.06. The summed E-state index contributed by atoms with van der Waals surface area (Å²) in [5, 5.41) is 11.4. The molecule has 0 fully saturated rings. The van der Waals surface area contributed by atoms with Crippen LogP contribution in [0.4, 0.5) is 11.4 Å². The van der Waals surface area contributed by atoms with E-state index in [4.69, 9.17) is 11.6 Å². The maximum atomic E-state index is 6.07. The molecule has 0 aliphatic heterocycles. The molecule has 2 aromatic rings. The number of aromatic nitrogens is 2. The molecule has 2 rings (SSSR count). The van der Waals surface area contributed by atoms with Gasteiger partial charge in [-0.25, -0.2) is 0 Å². The molecule has 0 saturated carbocycles. The van der Waals surface area contributed by atoms with Gasteiger partial charge in [0, 0.05) is 36.9 Å². The molecule has 1 aromatic carbocycles. The normalized spacial score (nSPS) is 10.6. The highest BCUT2D eigenvalue weighted by atomic mass is 35.5. The summed E-state index contributed by atoms with van der Waals surface area (Å²) in [6, 6.07) is 5.86. The van der Waals surface area contributed by atoms with Crippen LogP contribution >= 0.6 is 11.6 Å². The topological polar surface area (TPSA) is 44.0 Å². The van der Waals surface area contributed by atoms with Crippen LogP contribution in [0.3, 0.4) is 0 Å². The van der Waals surface area contributed by atoms with E-state index in [-0.39, 0.29) is 0 Å². The van der Waals surface area contributed by atoms with E-state index in [1.807, 2.05) is 46.1 Å². The standard InChI is InChI=1S/C14H19ClN4/c1-9-12(10(2)18-17-9)8-16-13-7-11(15)5-6-14(13)19(3)4/h5-7,16H,8H2,1-4H3,(H,17,18). The van der Waals surface area contributed by atoms with Gasteiger partial charge >= 0.3 is 0 Å².